The normalized spacial score (nSPS) is 17.7. The van der Waals surface area contributed by atoms with Crippen LogP contribution in [0, 0.1) is 0 Å². The van der Waals surface area contributed by atoms with E-state index in [9.17, 15) is 9.18 Å². The van der Waals surface area contributed by atoms with E-state index in [1.165, 1.54) is 0 Å². The molecule has 2 aromatic rings. The highest BCUT2D eigenvalue weighted by molar-refractivity contribution is 6.06. The van der Waals surface area contributed by atoms with E-state index >= 15 is 0 Å². The highest BCUT2D eigenvalue weighted by atomic mass is 19.1. The molecule has 1 aromatic carbocycles. The number of benzene rings is 1. The zero-order valence-corrected chi connectivity index (χ0v) is 13.8. The Morgan fingerprint density at radius 1 is 1.39 bits per heavy atom. The molecule has 1 aromatic heterocycles. The second-order valence-corrected chi connectivity index (χ2v) is 6.77. The predicted molar refractivity (Wildman–Crippen MR) is 89.6 cm³/mol. The monoisotopic (exact) mass is 317 g/mol. The molecule has 0 bridgehead atoms. The van der Waals surface area contributed by atoms with Gasteiger partial charge < -0.3 is 5.32 Å². The molecule has 1 fully saturated rings. The first-order chi connectivity index (χ1) is 11.0. The summed E-state index contributed by atoms with van der Waals surface area (Å²) >= 11 is 0. The van der Waals surface area contributed by atoms with Crippen molar-refractivity contribution in [2.75, 3.05) is 13.1 Å². The quantitative estimate of drug-likeness (QED) is 0.856. The van der Waals surface area contributed by atoms with Gasteiger partial charge in [-0.2, -0.15) is 5.10 Å². The van der Waals surface area contributed by atoms with Crippen LogP contribution in [0.5, 0.6) is 0 Å². The summed E-state index contributed by atoms with van der Waals surface area (Å²) in [6, 6.07) is 5.88. The molecular formula is C18H24FN3O. The lowest BCUT2D eigenvalue weighted by Gasteiger charge is -2.29. The van der Waals surface area contributed by atoms with Crippen molar-refractivity contribution >= 4 is 16.7 Å². The third-order valence-corrected chi connectivity index (χ3v) is 4.68. The maximum Gasteiger partial charge on any atom is 0.165 e. The van der Waals surface area contributed by atoms with E-state index in [0.29, 0.717) is 37.9 Å². The van der Waals surface area contributed by atoms with Crippen LogP contribution in [-0.2, 0) is 0 Å². The summed E-state index contributed by atoms with van der Waals surface area (Å²) in [5, 5.41) is 8.66. The maximum atomic E-state index is 14.7. The number of carbonyl (C=O) groups excluding carboxylic acids is 1. The number of fused-ring (bicyclic) bond motifs is 1. The molecule has 0 amide bonds. The third kappa shape index (κ3) is 3.44. The van der Waals surface area contributed by atoms with E-state index in [0.717, 1.165) is 10.9 Å². The lowest BCUT2D eigenvalue weighted by atomic mass is 9.88. The zero-order chi connectivity index (χ0) is 16.4. The molecule has 0 radical (unpaired) electrons. The van der Waals surface area contributed by atoms with Crippen molar-refractivity contribution in [3.63, 3.8) is 0 Å². The van der Waals surface area contributed by atoms with E-state index < -0.39 is 5.67 Å². The Balaban J connectivity index is 1.78. The number of nitrogens with one attached hydrogen (secondary N) is 1. The summed E-state index contributed by atoms with van der Waals surface area (Å²) < 4.78 is 16.5. The molecule has 4 nitrogen and oxygen atoms in total. The van der Waals surface area contributed by atoms with Crippen molar-refractivity contribution < 1.29 is 9.18 Å². The molecule has 2 heterocycles. The van der Waals surface area contributed by atoms with Gasteiger partial charge in [0.1, 0.15) is 11.2 Å². The molecule has 0 saturated carbocycles. The smallest absolute Gasteiger partial charge is 0.165 e. The predicted octanol–water partition coefficient (Wildman–Crippen LogP) is 3.67. The Bertz CT molecular complexity index is 701. The van der Waals surface area contributed by atoms with Crippen molar-refractivity contribution in [2.24, 2.45) is 0 Å². The van der Waals surface area contributed by atoms with Crippen molar-refractivity contribution in [1.82, 2.24) is 15.1 Å². The molecular weight excluding hydrogens is 293 g/mol. The number of hydrogen-bond donors (Lipinski definition) is 1. The van der Waals surface area contributed by atoms with Crippen LogP contribution in [0.3, 0.4) is 0 Å². The summed E-state index contributed by atoms with van der Waals surface area (Å²) in [6.07, 6.45) is 3.48. The van der Waals surface area contributed by atoms with Crippen molar-refractivity contribution in [3.05, 3.63) is 30.0 Å². The molecule has 0 aliphatic carbocycles. The van der Waals surface area contributed by atoms with Crippen LogP contribution in [-0.4, -0.2) is 34.3 Å². The number of ketones is 1. The lowest BCUT2D eigenvalue weighted by molar-refractivity contribution is 0.0829. The van der Waals surface area contributed by atoms with Gasteiger partial charge in [0.05, 0.1) is 0 Å². The highest BCUT2D eigenvalue weighted by Gasteiger charge is 2.32. The number of alkyl halides is 1. The fraction of sp³-hybridized carbons (Fsp3) is 0.556. The molecule has 124 valence electrons. The standard InChI is InChI=1S/C18H24FN3O/c1-13(2)22-12-14-4-3-5-15(17(14)21-22)16(23)6-7-18(19)8-10-20-11-9-18/h3-5,12-13,20H,6-11H2,1-2H3. The number of rotatable bonds is 5. The first kappa shape index (κ1) is 16.1. The second-order valence-electron chi connectivity index (χ2n) is 6.77. The van der Waals surface area contributed by atoms with Gasteiger partial charge in [0.25, 0.3) is 0 Å². The number of hydrogen-bond acceptors (Lipinski definition) is 3. The van der Waals surface area contributed by atoms with Crippen molar-refractivity contribution in [2.45, 2.75) is 51.2 Å². The summed E-state index contributed by atoms with van der Waals surface area (Å²) in [4.78, 5) is 12.6. The number of halogens is 1. The van der Waals surface area contributed by atoms with Gasteiger partial charge in [-0.3, -0.25) is 9.48 Å². The summed E-state index contributed by atoms with van der Waals surface area (Å²) in [5.41, 5.74) is 0.135. The fourth-order valence-corrected chi connectivity index (χ4v) is 3.15. The van der Waals surface area contributed by atoms with Gasteiger partial charge in [-0.1, -0.05) is 12.1 Å². The summed E-state index contributed by atoms with van der Waals surface area (Å²) in [7, 11) is 0. The largest absolute Gasteiger partial charge is 0.316 e. The lowest BCUT2D eigenvalue weighted by Crippen LogP contribution is -2.38. The van der Waals surface area contributed by atoms with E-state index in [1.54, 1.807) is 6.07 Å². The van der Waals surface area contributed by atoms with Crippen LogP contribution in [0.1, 0.15) is 55.9 Å². The maximum absolute atomic E-state index is 14.7. The van der Waals surface area contributed by atoms with Gasteiger partial charge in [0.2, 0.25) is 0 Å². The fourth-order valence-electron chi connectivity index (χ4n) is 3.15. The summed E-state index contributed by atoms with van der Waals surface area (Å²) in [5.74, 6) is -0.0137. The topological polar surface area (TPSA) is 46.9 Å². The third-order valence-electron chi connectivity index (χ3n) is 4.68. The van der Waals surface area contributed by atoms with Crippen LogP contribution >= 0.6 is 0 Å². The Labute approximate surface area is 136 Å². The number of piperidine rings is 1. The van der Waals surface area contributed by atoms with Crippen molar-refractivity contribution in [3.8, 4) is 0 Å². The number of Topliss-reactive ketones (excluding diaryl/α,β-unsaturated/α-hetero) is 1. The molecule has 0 atom stereocenters. The molecule has 1 saturated heterocycles. The van der Waals surface area contributed by atoms with Gasteiger partial charge in [0.15, 0.2) is 5.78 Å². The molecule has 5 heteroatoms. The van der Waals surface area contributed by atoms with Crippen LogP contribution in [0.4, 0.5) is 4.39 Å². The summed E-state index contributed by atoms with van der Waals surface area (Å²) in [6.45, 7) is 5.49. The Kier molecular flexibility index (Phi) is 4.48. The van der Waals surface area contributed by atoms with E-state index in [2.05, 4.69) is 24.3 Å². The average Bonchev–Trinajstić information content (AvgIpc) is 2.98. The van der Waals surface area contributed by atoms with E-state index in [1.807, 2.05) is 23.0 Å². The first-order valence-electron chi connectivity index (χ1n) is 8.39. The molecule has 1 aliphatic rings. The highest BCUT2D eigenvalue weighted by Crippen LogP contribution is 2.30. The molecule has 3 rings (SSSR count). The van der Waals surface area contributed by atoms with E-state index in [4.69, 9.17) is 0 Å². The number of carbonyl (C=O) groups is 1. The molecule has 1 N–H and O–H groups in total. The average molecular weight is 317 g/mol. The van der Waals surface area contributed by atoms with Gasteiger partial charge in [-0.15, -0.1) is 0 Å². The van der Waals surface area contributed by atoms with Crippen molar-refractivity contribution in [1.29, 1.82) is 0 Å². The Morgan fingerprint density at radius 2 is 2.13 bits per heavy atom. The molecule has 0 unspecified atom stereocenters. The Morgan fingerprint density at radius 3 is 2.83 bits per heavy atom. The SMILES string of the molecule is CC(C)n1cc2cccc(C(=O)CCC3(F)CCNCC3)c2n1. The van der Waals surface area contributed by atoms with E-state index in [-0.39, 0.29) is 18.2 Å². The van der Waals surface area contributed by atoms with Gasteiger partial charge >= 0.3 is 0 Å². The molecule has 23 heavy (non-hydrogen) atoms. The number of nitrogens with zero attached hydrogens (tertiary/aromatic N) is 2. The van der Waals surface area contributed by atoms with Crippen LogP contribution < -0.4 is 5.32 Å². The zero-order valence-electron chi connectivity index (χ0n) is 13.8. The molecule has 1 aliphatic heterocycles. The minimum absolute atomic E-state index is 0.0137. The minimum atomic E-state index is -1.20. The minimum Gasteiger partial charge on any atom is -0.316 e. The van der Waals surface area contributed by atoms with Crippen LogP contribution in [0.25, 0.3) is 10.9 Å². The van der Waals surface area contributed by atoms with Crippen LogP contribution in [0.15, 0.2) is 24.4 Å². The molecule has 0 spiro atoms. The first-order valence-corrected chi connectivity index (χ1v) is 8.39. The van der Waals surface area contributed by atoms with Gasteiger partial charge in [-0.25, -0.2) is 4.39 Å². The Hall–Kier alpha value is -1.75. The number of aromatic nitrogens is 2. The van der Waals surface area contributed by atoms with Gasteiger partial charge in [0, 0.05) is 29.6 Å². The van der Waals surface area contributed by atoms with Gasteiger partial charge in [-0.05, 0) is 52.3 Å². The van der Waals surface area contributed by atoms with Crippen LogP contribution in [0.2, 0.25) is 0 Å². The second kappa shape index (κ2) is 6.40.